The van der Waals surface area contributed by atoms with Gasteiger partial charge >= 0.3 is 0 Å². The summed E-state index contributed by atoms with van der Waals surface area (Å²) in [5.41, 5.74) is 6.99. The van der Waals surface area contributed by atoms with E-state index in [-0.39, 0.29) is 0 Å². The van der Waals surface area contributed by atoms with Crippen molar-refractivity contribution in [2.24, 2.45) is 5.73 Å². The molecule has 1 fully saturated rings. The number of hydrogen-bond acceptors (Lipinski definition) is 4. The van der Waals surface area contributed by atoms with Gasteiger partial charge in [0.1, 0.15) is 0 Å². The van der Waals surface area contributed by atoms with Gasteiger partial charge in [-0.15, -0.1) is 0 Å². The molecule has 1 aromatic rings. The third-order valence-corrected chi connectivity index (χ3v) is 3.02. The Bertz CT molecular complexity index is 326. The van der Waals surface area contributed by atoms with Crippen LogP contribution >= 0.6 is 0 Å². The van der Waals surface area contributed by atoms with E-state index < -0.39 is 0 Å². The predicted octanol–water partition coefficient (Wildman–Crippen LogP) is 0.0625. The van der Waals surface area contributed by atoms with E-state index in [4.69, 9.17) is 10.5 Å². The molecule has 16 heavy (non-hydrogen) atoms. The Kier molecular flexibility index (Phi) is 3.93. The average molecular weight is 224 g/mol. The first-order valence-corrected chi connectivity index (χ1v) is 5.86. The van der Waals surface area contributed by atoms with Crippen LogP contribution in [0.25, 0.3) is 0 Å². The summed E-state index contributed by atoms with van der Waals surface area (Å²) in [6.07, 6.45) is 4.04. The van der Waals surface area contributed by atoms with Crippen LogP contribution in [0.3, 0.4) is 0 Å². The first-order chi connectivity index (χ1) is 7.83. The van der Waals surface area contributed by atoms with Gasteiger partial charge in [0.25, 0.3) is 0 Å². The number of rotatable bonds is 4. The Labute approximate surface area is 96.2 Å². The molecule has 1 aromatic heterocycles. The van der Waals surface area contributed by atoms with Gasteiger partial charge in [0.15, 0.2) is 0 Å². The maximum absolute atomic E-state index is 5.74. The van der Waals surface area contributed by atoms with Gasteiger partial charge < -0.3 is 10.5 Å². The highest BCUT2D eigenvalue weighted by Crippen LogP contribution is 2.11. The van der Waals surface area contributed by atoms with Crippen molar-refractivity contribution in [2.45, 2.75) is 26.1 Å². The highest BCUT2D eigenvalue weighted by Gasteiger charge is 2.21. The van der Waals surface area contributed by atoms with Crippen molar-refractivity contribution in [2.75, 3.05) is 26.3 Å². The zero-order valence-corrected chi connectivity index (χ0v) is 9.80. The van der Waals surface area contributed by atoms with Crippen LogP contribution in [0, 0.1) is 0 Å². The van der Waals surface area contributed by atoms with Crippen LogP contribution in [-0.2, 0) is 17.8 Å². The molecule has 1 atom stereocenters. The SMILES string of the molecule is CCn1cc(CN2CCOCC2CN)cn1. The molecule has 1 saturated heterocycles. The lowest BCUT2D eigenvalue weighted by atomic mass is 10.2. The topological polar surface area (TPSA) is 56.3 Å². The fraction of sp³-hybridized carbons (Fsp3) is 0.727. The predicted molar refractivity (Wildman–Crippen MR) is 62.0 cm³/mol. The summed E-state index contributed by atoms with van der Waals surface area (Å²) in [5.74, 6) is 0. The molecule has 0 aliphatic carbocycles. The Morgan fingerprint density at radius 3 is 3.19 bits per heavy atom. The van der Waals surface area contributed by atoms with Crippen LogP contribution in [0.15, 0.2) is 12.4 Å². The Balaban J connectivity index is 1.96. The maximum Gasteiger partial charge on any atom is 0.0634 e. The van der Waals surface area contributed by atoms with E-state index >= 15 is 0 Å². The highest BCUT2D eigenvalue weighted by atomic mass is 16.5. The summed E-state index contributed by atoms with van der Waals surface area (Å²) < 4.78 is 7.38. The molecule has 0 radical (unpaired) electrons. The van der Waals surface area contributed by atoms with Gasteiger partial charge in [0.2, 0.25) is 0 Å². The fourth-order valence-electron chi connectivity index (χ4n) is 2.01. The van der Waals surface area contributed by atoms with Crippen LogP contribution in [0.5, 0.6) is 0 Å². The molecule has 1 aliphatic rings. The quantitative estimate of drug-likeness (QED) is 0.786. The van der Waals surface area contributed by atoms with Crippen LogP contribution in [0.1, 0.15) is 12.5 Å². The zero-order chi connectivity index (χ0) is 11.4. The fourth-order valence-corrected chi connectivity index (χ4v) is 2.01. The first-order valence-electron chi connectivity index (χ1n) is 5.86. The normalized spacial score (nSPS) is 22.5. The average Bonchev–Trinajstić information content (AvgIpc) is 2.77. The van der Waals surface area contributed by atoms with Gasteiger partial charge in [0.05, 0.1) is 19.4 Å². The van der Waals surface area contributed by atoms with Crippen molar-refractivity contribution >= 4 is 0 Å². The molecule has 5 nitrogen and oxygen atoms in total. The van der Waals surface area contributed by atoms with Gasteiger partial charge in [-0.1, -0.05) is 0 Å². The summed E-state index contributed by atoms with van der Waals surface area (Å²) in [6, 6.07) is 0.346. The lowest BCUT2D eigenvalue weighted by Gasteiger charge is -2.34. The second kappa shape index (κ2) is 5.43. The largest absolute Gasteiger partial charge is 0.378 e. The van der Waals surface area contributed by atoms with E-state index in [1.165, 1.54) is 5.56 Å². The van der Waals surface area contributed by atoms with Crippen molar-refractivity contribution in [1.82, 2.24) is 14.7 Å². The summed E-state index contributed by atoms with van der Waals surface area (Å²) in [6.45, 7) is 7.10. The molecule has 0 bridgehead atoms. The lowest BCUT2D eigenvalue weighted by molar-refractivity contribution is -0.00793. The molecule has 5 heteroatoms. The molecule has 0 aromatic carbocycles. The number of nitrogens with two attached hydrogens (primary N) is 1. The van der Waals surface area contributed by atoms with E-state index in [1.54, 1.807) is 0 Å². The van der Waals surface area contributed by atoms with Crippen LogP contribution in [0.4, 0.5) is 0 Å². The van der Waals surface area contributed by atoms with Gasteiger partial charge in [-0.2, -0.15) is 5.10 Å². The third-order valence-electron chi connectivity index (χ3n) is 3.02. The minimum absolute atomic E-state index is 0.346. The first kappa shape index (κ1) is 11.6. The maximum atomic E-state index is 5.74. The Morgan fingerprint density at radius 2 is 2.50 bits per heavy atom. The number of aromatic nitrogens is 2. The van der Waals surface area contributed by atoms with E-state index in [9.17, 15) is 0 Å². The molecule has 1 aliphatic heterocycles. The van der Waals surface area contributed by atoms with Crippen molar-refractivity contribution < 1.29 is 4.74 Å². The molecule has 2 rings (SSSR count). The second-order valence-corrected chi connectivity index (χ2v) is 4.14. The number of aryl methyl sites for hydroxylation is 1. The monoisotopic (exact) mass is 224 g/mol. The number of ether oxygens (including phenoxy) is 1. The zero-order valence-electron chi connectivity index (χ0n) is 9.80. The second-order valence-electron chi connectivity index (χ2n) is 4.14. The highest BCUT2D eigenvalue weighted by molar-refractivity contribution is 5.04. The molecule has 0 spiro atoms. The number of nitrogens with zero attached hydrogens (tertiary/aromatic N) is 3. The molecule has 90 valence electrons. The number of hydrogen-bond donors (Lipinski definition) is 1. The van der Waals surface area contributed by atoms with Gasteiger partial charge in [-0.25, -0.2) is 0 Å². The molecule has 1 unspecified atom stereocenters. The van der Waals surface area contributed by atoms with Crippen LogP contribution in [0.2, 0.25) is 0 Å². The lowest BCUT2D eigenvalue weighted by Crippen LogP contribution is -2.48. The molecular weight excluding hydrogens is 204 g/mol. The number of morpholine rings is 1. The molecular formula is C11H20N4O. The van der Waals surface area contributed by atoms with E-state index in [0.717, 1.165) is 32.8 Å². The van der Waals surface area contributed by atoms with Gasteiger partial charge in [-0.3, -0.25) is 9.58 Å². The van der Waals surface area contributed by atoms with Crippen molar-refractivity contribution in [3.63, 3.8) is 0 Å². The van der Waals surface area contributed by atoms with Crippen molar-refractivity contribution in [3.8, 4) is 0 Å². The van der Waals surface area contributed by atoms with E-state index in [0.29, 0.717) is 12.6 Å². The summed E-state index contributed by atoms with van der Waals surface area (Å²) >= 11 is 0. The Hall–Kier alpha value is -0.910. The van der Waals surface area contributed by atoms with Crippen LogP contribution in [-0.4, -0.2) is 47.0 Å². The van der Waals surface area contributed by atoms with Gasteiger partial charge in [-0.05, 0) is 6.92 Å². The minimum atomic E-state index is 0.346. The minimum Gasteiger partial charge on any atom is -0.378 e. The molecule has 2 N–H and O–H groups in total. The molecule has 2 heterocycles. The summed E-state index contributed by atoms with van der Waals surface area (Å²) in [7, 11) is 0. The van der Waals surface area contributed by atoms with E-state index in [1.807, 2.05) is 10.9 Å². The molecule has 0 amide bonds. The third kappa shape index (κ3) is 2.61. The Morgan fingerprint density at radius 1 is 1.62 bits per heavy atom. The van der Waals surface area contributed by atoms with Crippen molar-refractivity contribution in [1.29, 1.82) is 0 Å². The molecule has 0 saturated carbocycles. The van der Waals surface area contributed by atoms with Crippen molar-refractivity contribution in [3.05, 3.63) is 18.0 Å². The smallest absolute Gasteiger partial charge is 0.0634 e. The summed E-state index contributed by atoms with van der Waals surface area (Å²) in [4.78, 5) is 2.38. The van der Waals surface area contributed by atoms with E-state index in [2.05, 4.69) is 23.1 Å². The van der Waals surface area contributed by atoms with Crippen LogP contribution < -0.4 is 5.73 Å². The van der Waals surface area contributed by atoms with Gasteiger partial charge in [0, 0.05) is 44.0 Å². The standard InChI is InChI=1S/C11H20N4O/c1-2-15-8-10(6-13-15)7-14-3-4-16-9-11(14)5-12/h6,8,11H,2-5,7,9,12H2,1H3. The summed E-state index contributed by atoms with van der Waals surface area (Å²) in [5, 5.41) is 4.28.